The molecule has 2 aromatic rings. The Kier molecular flexibility index (Phi) is 9.72. The van der Waals surface area contributed by atoms with E-state index in [1.165, 1.54) is 24.7 Å². The molecule has 19 heteroatoms. The highest BCUT2D eigenvalue weighted by Crippen LogP contribution is 2.55. The highest BCUT2D eigenvalue weighted by Gasteiger charge is 2.71. The van der Waals surface area contributed by atoms with Crippen LogP contribution < -0.4 is 16.4 Å². The molecular weight excluding hydrogens is 623 g/mol. The van der Waals surface area contributed by atoms with Crippen LogP contribution in [0.4, 0.5) is 5.95 Å². The zero-order valence-electron chi connectivity index (χ0n) is 25.1. The molecule has 246 valence electrons. The molecule has 1 aliphatic carbocycles. The average molecular weight is 663 g/mol. The predicted octanol–water partition coefficient (Wildman–Crippen LogP) is -0.171. The fourth-order valence-electron chi connectivity index (χ4n) is 4.90. The van der Waals surface area contributed by atoms with Crippen LogP contribution in [0, 0.1) is 0 Å². The van der Waals surface area contributed by atoms with Crippen molar-refractivity contribution >= 4 is 47.7 Å². The lowest BCUT2D eigenvalue weighted by atomic mass is 9.62. The van der Waals surface area contributed by atoms with E-state index < -0.39 is 72.2 Å². The molecule has 1 saturated heterocycles. The van der Waals surface area contributed by atoms with Gasteiger partial charge in [0.1, 0.15) is 41.2 Å². The minimum atomic E-state index is -4.27. The van der Waals surface area contributed by atoms with E-state index in [0.29, 0.717) is 0 Å². The number of aromatic amines is 1. The largest absolute Gasteiger partial charge is 0.459 e. The second-order valence-electron chi connectivity index (χ2n) is 12.2. The van der Waals surface area contributed by atoms with E-state index in [2.05, 4.69) is 20.0 Å². The van der Waals surface area contributed by atoms with E-state index in [9.17, 15) is 34.3 Å². The highest BCUT2D eigenvalue weighted by molar-refractivity contribution is 8.13. The number of aliphatic hydroxyl groups is 3. The van der Waals surface area contributed by atoms with Gasteiger partial charge < -0.3 is 35.1 Å². The summed E-state index contributed by atoms with van der Waals surface area (Å²) in [7, 11) is -4.27. The smallest absolute Gasteiger partial charge is 0.406 e. The summed E-state index contributed by atoms with van der Waals surface area (Å²) < 4.78 is 37.4. The molecule has 7 N–H and O–H groups in total. The predicted molar refractivity (Wildman–Crippen MR) is 157 cm³/mol. The second-order valence-corrected chi connectivity index (χ2v) is 15.1. The number of fused-ring (bicyclic) bond motifs is 2. The van der Waals surface area contributed by atoms with Crippen LogP contribution in [0.5, 0.6) is 0 Å². The first kappa shape index (κ1) is 34.5. The third kappa shape index (κ3) is 7.35. The molecule has 2 aliphatic rings. The Morgan fingerprint density at radius 3 is 2.50 bits per heavy atom. The number of nitrogens with two attached hydrogens (primary N) is 1. The van der Waals surface area contributed by atoms with Gasteiger partial charge in [-0.1, -0.05) is 11.8 Å². The summed E-state index contributed by atoms with van der Waals surface area (Å²) in [6.07, 6.45) is -0.507. The molecule has 4 rings (SSSR count). The third-order valence-corrected chi connectivity index (χ3v) is 9.89. The minimum Gasteiger partial charge on any atom is -0.459 e. The van der Waals surface area contributed by atoms with Crippen molar-refractivity contribution in [2.75, 3.05) is 31.2 Å². The van der Waals surface area contributed by atoms with Gasteiger partial charge in [0.2, 0.25) is 11.1 Å². The monoisotopic (exact) mass is 662 g/mol. The van der Waals surface area contributed by atoms with Crippen LogP contribution in [0.3, 0.4) is 0 Å². The summed E-state index contributed by atoms with van der Waals surface area (Å²) in [5.74, 6) is -0.850. The van der Waals surface area contributed by atoms with Gasteiger partial charge in [0.25, 0.3) is 5.56 Å². The van der Waals surface area contributed by atoms with Crippen molar-refractivity contribution in [1.82, 2.24) is 24.6 Å². The topological polar surface area (TPSA) is 250 Å². The number of H-pyrrole nitrogens is 1. The summed E-state index contributed by atoms with van der Waals surface area (Å²) >= 11 is 0.763. The number of carbonyl (C=O) groups excluding carboxylic acids is 2. The lowest BCUT2D eigenvalue weighted by molar-refractivity contribution is -0.215. The number of ether oxygens (including phenoxy) is 2. The van der Waals surface area contributed by atoms with Crippen LogP contribution in [-0.4, -0.2) is 106 Å². The molecule has 2 aromatic heterocycles. The van der Waals surface area contributed by atoms with Crippen LogP contribution in [-0.2, 0) is 39.2 Å². The van der Waals surface area contributed by atoms with Crippen molar-refractivity contribution in [1.29, 1.82) is 0 Å². The number of hydrogen-bond acceptors (Lipinski definition) is 15. The highest BCUT2D eigenvalue weighted by atomic mass is 32.2. The Hall–Kier alpha value is -2.41. The van der Waals surface area contributed by atoms with Crippen molar-refractivity contribution in [3.63, 3.8) is 0 Å². The molecule has 0 aromatic carbocycles. The quantitative estimate of drug-likeness (QED) is 0.0925. The number of aromatic nitrogens is 4. The molecule has 2 fully saturated rings. The first-order valence-electron chi connectivity index (χ1n) is 13.8. The van der Waals surface area contributed by atoms with Gasteiger partial charge in [-0.05, 0) is 47.5 Å². The number of hydrogen-bond donors (Lipinski definition) is 6. The molecule has 3 heterocycles. The Morgan fingerprint density at radius 2 is 1.89 bits per heavy atom. The van der Waals surface area contributed by atoms with Crippen LogP contribution >= 0.6 is 19.5 Å². The lowest BCUT2D eigenvalue weighted by Crippen LogP contribution is -2.68. The molecular formula is C25H39N6O11PS. The molecule has 44 heavy (non-hydrogen) atoms. The summed E-state index contributed by atoms with van der Waals surface area (Å²) in [5.41, 5.74) is -0.550. The number of rotatable bonds is 13. The number of esters is 1. The molecule has 0 spiro atoms. The Bertz CT molecular complexity index is 1500. The van der Waals surface area contributed by atoms with Crippen molar-refractivity contribution in [3.05, 3.63) is 16.7 Å². The van der Waals surface area contributed by atoms with Gasteiger partial charge in [0.15, 0.2) is 11.2 Å². The second kappa shape index (κ2) is 12.4. The average Bonchev–Trinajstić information content (AvgIpc) is 3.36. The van der Waals surface area contributed by atoms with Gasteiger partial charge in [0, 0.05) is 5.75 Å². The number of thioether (sulfide) groups is 1. The molecule has 1 unspecified atom stereocenters. The third-order valence-electron chi connectivity index (χ3n) is 7.20. The minimum absolute atomic E-state index is 0.0101. The summed E-state index contributed by atoms with van der Waals surface area (Å²) in [6.45, 7) is 6.28. The van der Waals surface area contributed by atoms with Gasteiger partial charge in [-0.2, -0.15) is 4.98 Å². The fourth-order valence-corrected chi connectivity index (χ4v) is 6.97. The van der Waals surface area contributed by atoms with Crippen LogP contribution in [0.25, 0.3) is 11.2 Å². The summed E-state index contributed by atoms with van der Waals surface area (Å²) in [5, 5.41) is 34.5. The van der Waals surface area contributed by atoms with E-state index in [1.807, 2.05) is 0 Å². The van der Waals surface area contributed by atoms with Crippen LogP contribution in [0.1, 0.15) is 47.5 Å². The van der Waals surface area contributed by atoms with Gasteiger partial charge >= 0.3 is 13.7 Å². The Balaban J connectivity index is 1.45. The van der Waals surface area contributed by atoms with Gasteiger partial charge in [-0.15, -0.1) is 0 Å². The van der Waals surface area contributed by atoms with Crippen molar-refractivity contribution in [3.8, 4) is 0 Å². The molecule has 1 aliphatic heterocycles. The molecule has 17 nitrogen and oxygen atoms in total. The maximum atomic E-state index is 13.6. The van der Waals surface area contributed by atoms with E-state index >= 15 is 0 Å². The standard InChI is InChI=1S/C25H39N6O11PS/c1-22(2,3)42-16(32)10-28-43(38,39-8-9-44-20(34)23(4,5)35)40-12-15-25(37)7-6-24(25,36)14(41-15)11-31-13-27-17-18(31)29-21(26)30-19(17)33/h13-15,35-37H,6-12H2,1-5H3,(H,28,38)(H3,26,29,30,33)/t14-,15+,24-,25+,43?/m0/s1. The number of nitrogens with one attached hydrogen (secondary N) is 2. The number of carbonyl (C=O) groups is 2. The fraction of sp³-hybridized carbons (Fsp3) is 0.720. The normalized spacial score (nSPS) is 26.6. The van der Waals surface area contributed by atoms with Crippen molar-refractivity contribution < 1.29 is 48.0 Å². The summed E-state index contributed by atoms with van der Waals surface area (Å²) in [6, 6.07) is 0. The van der Waals surface area contributed by atoms with Gasteiger partial charge in [-0.25, -0.2) is 14.6 Å². The van der Waals surface area contributed by atoms with Crippen molar-refractivity contribution in [2.24, 2.45) is 0 Å². The van der Waals surface area contributed by atoms with E-state index in [-0.39, 0.29) is 48.9 Å². The zero-order chi connectivity index (χ0) is 32.7. The van der Waals surface area contributed by atoms with E-state index in [0.717, 1.165) is 11.8 Å². The number of anilines is 1. The van der Waals surface area contributed by atoms with Crippen LogP contribution in [0.2, 0.25) is 0 Å². The van der Waals surface area contributed by atoms with Crippen LogP contribution in [0.15, 0.2) is 11.1 Å². The first-order chi connectivity index (χ1) is 20.3. The maximum absolute atomic E-state index is 13.6. The SMILES string of the molecule is CC(C)(C)OC(=O)CNP(=O)(OCCSC(=O)C(C)(C)O)OC[C@H]1O[C@@H](Cn2cnc3c(=O)[nH]c(N)nc32)[C@@]2(O)CC[C@@]12O. The molecule has 0 radical (unpaired) electrons. The molecule has 0 bridgehead atoms. The maximum Gasteiger partial charge on any atom is 0.406 e. The van der Waals surface area contributed by atoms with Gasteiger partial charge in [0.05, 0.1) is 26.1 Å². The number of nitrogens with zero attached hydrogens (tertiary/aromatic N) is 3. The van der Waals surface area contributed by atoms with E-state index in [1.54, 1.807) is 20.8 Å². The zero-order valence-corrected chi connectivity index (χ0v) is 26.8. The number of imidazole rings is 1. The molecule has 0 amide bonds. The lowest BCUT2D eigenvalue weighted by Gasteiger charge is -2.50. The van der Waals surface area contributed by atoms with E-state index in [4.69, 9.17) is 24.3 Å². The Morgan fingerprint density at radius 1 is 1.23 bits per heavy atom. The summed E-state index contributed by atoms with van der Waals surface area (Å²) in [4.78, 5) is 47.0. The number of nitrogen functional groups attached to an aromatic ring is 1. The molecule has 1 saturated carbocycles. The molecule has 5 atom stereocenters. The van der Waals surface area contributed by atoms with Gasteiger partial charge in [-0.3, -0.25) is 28.4 Å². The first-order valence-corrected chi connectivity index (χ1v) is 16.4. The van der Waals surface area contributed by atoms with Crippen molar-refractivity contribution in [2.45, 2.75) is 88.6 Å². The Labute approximate surface area is 256 Å².